The summed E-state index contributed by atoms with van der Waals surface area (Å²) in [6.45, 7) is 2.33. The van der Waals surface area contributed by atoms with Gasteiger partial charge in [0.1, 0.15) is 0 Å². The topological polar surface area (TPSA) is 79.5 Å². The summed E-state index contributed by atoms with van der Waals surface area (Å²) >= 11 is 0. The van der Waals surface area contributed by atoms with Gasteiger partial charge in [-0.25, -0.2) is 4.79 Å². The molecule has 0 bridgehead atoms. The fraction of sp³-hybridized carbons (Fsp3) is 0.353. The number of rotatable bonds is 6. The molecule has 0 aliphatic carbocycles. The highest BCUT2D eigenvalue weighted by Gasteiger charge is 2.16. The van der Waals surface area contributed by atoms with Crippen LogP contribution in [0, 0.1) is 0 Å². The molecule has 6 heteroatoms. The Bertz CT molecular complexity index is 767. The Balaban J connectivity index is 2.10. The predicted octanol–water partition coefficient (Wildman–Crippen LogP) is 1.94. The third kappa shape index (κ3) is 4.18. The summed E-state index contributed by atoms with van der Waals surface area (Å²) in [6.07, 6.45) is 1.88. The number of esters is 1. The van der Waals surface area contributed by atoms with Crippen LogP contribution >= 0.6 is 0 Å². The Kier molecular flexibility index (Phi) is 5.51. The van der Waals surface area contributed by atoms with Gasteiger partial charge < -0.3 is 14.6 Å². The highest BCUT2D eigenvalue weighted by Crippen LogP contribution is 2.15. The van der Waals surface area contributed by atoms with E-state index in [1.807, 2.05) is 6.92 Å². The molecule has 122 valence electrons. The van der Waals surface area contributed by atoms with Gasteiger partial charge in [0.15, 0.2) is 6.61 Å². The Morgan fingerprint density at radius 1 is 1.26 bits per heavy atom. The summed E-state index contributed by atoms with van der Waals surface area (Å²) in [5.41, 5.74) is 0.328. The van der Waals surface area contributed by atoms with Gasteiger partial charge in [-0.15, -0.1) is 0 Å². The van der Waals surface area contributed by atoms with Crippen molar-refractivity contribution in [3.63, 3.8) is 0 Å². The van der Waals surface area contributed by atoms with Gasteiger partial charge >= 0.3 is 5.97 Å². The number of amides is 1. The third-order valence-electron chi connectivity index (χ3n) is 3.57. The van der Waals surface area contributed by atoms with Crippen LogP contribution in [0.5, 0.6) is 0 Å². The van der Waals surface area contributed by atoms with Crippen LogP contribution in [0.15, 0.2) is 35.1 Å². The van der Waals surface area contributed by atoms with Gasteiger partial charge in [-0.2, -0.15) is 0 Å². The van der Waals surface area contributed by atoms with Crippen molar-refractivity contribution >= 4 is 22.8 Å². The first kappa shape index (κ1) is 16.7. The molecular weight excluding hydrogens is 296 g/mol. The number of hydrogen-bond donors (Lipinski definition) is 1. The molecule has 0 fully saturated rings. The fourth-order valence-electron chi connectivity index (χ4n) is 2.21. The lowest BCUT2D eigenvalue weighted by molar-refractivity contribution is -0.133. The van der Waals surface area contributed by atoms with Crippen molar-refractivity contribution in [2.45, 2.75) is 19.8 Å². The summed E-state index contributed by atoms with van der Waals surface area (Å²) < 4.78 is 5.07. The second kappa shape index (κ2) is 7.58. The standard InChI is InChI=1S/C17H20N2O4/c1-3-4-9-19(2)16(21)11-23-17(22)13-10-15(20)18-14-8-6-5-7-12(13)14/h5-8,10H,3-4,9,11H2,1-2H3,(H,18,20). The maximum absolute atomic E-state index is 12.2. The first-order valence-corrected chi connectivity index (χ1v) is 7.56. The summed E-state index contributed by atoms with van der Waals surface area (Å²) in [7, 11) is 1.68. The van der Waals surface area contributed by atoms with Crippen molar-refractivity contribution in [3.8, 4) is 0 Å². The maximum atomic E-state index is 12.2. The summed E-state index contributed by atoms with van der Waals surface area (Å²) in [6, 6.07) is 8.14. The lowest BCUT2D eigenvalue weighted by Gasteiger charge is -2.16. The van der Waals surface area contributed by atoms with Gasteiger partial charge in [0.2, 0.25) is 5.56 Å². The van der Waals surface area contributed by atoms with Crippen LogP contribution in [0.3, 0.4) is 0 Å². The normalized spacial score (nSPS) is 10.5. The molecule has 2 rings (SSSR count). The minimum atomic E-state index is -0.676. The molecule has 23 heavy (non-hydrogen) atoms. The molecule has 2 aromatic rings. The molecule has 0 radical (unpaired) electrons. The highest BCUT2D eigenvalue weighted by molar-refractivity contribution is 6.03. The fourth-order valence-corrected chi connectivity index (χ4v) is 2.21. The molecule has 1 aromatic carbocycles. The number of nitrogens with one attached hydrogen (secondary N) is 1. The van der Waals surface area contributed by atoms with E-state index >= 15 is 0 Å². The number of likely N-dealkylation sites (N-methyl/N-ethyl adjacent to an activating group) is 1. The van der Waals surface area contributed by atoms with E-state index < -0.39 is 5.97 Å². The third-order valence-corrected chi connectivity index (χ3v) is 3.57. The summed E-state index contributed by atoms with van der Waals surface area (Å²) in [5.74, 6) is -0.939. The van der Waals surface area contributed by atoms with E-state index in [1.54, 1.807) is 31.3 Å². The number of aromatic nitrogens is 1. The number of pyridine rings is 1. The lowest BCUT2D eigenvalue weighted by Crippen LogP contribution is -2.32. The van der Waals surface area contributed by atoms with Crippen molar-refractivity contribution in [3.05, 3.63) is 46.2 Å². The molecule has 0 aliphatic heterocycles. The molecule has 1 heterocycles. The van der Waals surface area contributed by atoms with Gasteiger partial charge in [0, 0.05) is 30.6 Å². The number of benzene rings is 1. The average Bonchev–Trinajstić information content (AvgIpc) is 2.56. The number of fused-ring (bicyclic) bond motifs is 1. The zero-order valence-corrected chi connectivity index (χ0v) is 13.3. The van der Waals surface area contributed by atoms with Crippen molar-refractivity contribution in [2.75, 3.05) is 20.2 Å². The Hall–Kier alpha value is -2.63. The number of ether oxygens (including phenoxy) is 1. The number of H-pyrrole nitrogens is 1. The van der Waals surface area contributed by atoms with Crippen LogP contribution in [0.2, 0.25) is 0 Å². The van der Waals surface area contributed by atoms with Crippen LogP contribution in [0.25, 0.3) is 10.9 Å². The molecule has 1 aromatic heterocycles. The quantitative estimate of drug-likeness (QED) is 0.826. The lowest BCUT2D eigenvalue weighted by atomic mass is 10.1. The number of carbonyl (C=O) groups excluding carboxylic acids is 2. The van der Waals surface area contributed by atoms with Gasteiger partial charge in [-0.1, -0.05) is 31.5 Å². The second-order valence-electron chi connectivity index (χ2n) is 5.34. The van der Waals surface area contributed by atoms with Crippen LogP contribution < -0.4 is 5.56 Å². The number of hydrogen-bond acceptors (Lipinski definition) is 4. The van der Waals surface area contributed by atoms with E-state index in [4.69, 9.17) is 4.74 Å². The van der Waals surface area contributed by atoms with Crippen molar-refractivity contribution in [1.82, 2.24) is 9.88 Å². The van der Waals surface area contributed by atoms with Crippen LogP contribution in [0.1, 0.15) is 30.1 Å². The van der Waals surface area contributed by atoms with E-state index in [2.05, 4.69) is 4.98 Å². The molecule has 0 saturated heterocycles. The van der Waals surface area contributed by atoms with Crippen LogP contribution in [-0.4, -0.2) is 42.0 Å². The smallest absolute Gasteiger partial charge is 0.339 e. The van der Waals surface area contributed by atoms with Gasteiger partial charge in [0.25, 0.3) is 5.91 Å². The number of aromatic amines is 1. The maximum Gasteiger partial charge on any atom is 0.339 e. The molecule has 1 amide bonds. The van der Waals surface area contributed by atoms with Gasteiger partial charge in [-0.3, -0.25) is 9.59 Å². The van der Waals surface area contributed by atoms with E-state index in [-0.39, 0.29) is 23.6 Å². The minimum Gasteiger partial charge on any atom is -0.452 e. The molecule has 0 aliphatic rings. The first-order valence-electron chi connectivity index (χ1n) is 7.56. The van der Waals surface area contributed by atoms with E-state index in [9.17, 15) is 14.4 Å². The molecule has 0 saturated carbocycles. The highest BCUT2D eigenvalue weighted by atomic mass is 16.5. The van der Waals surface area contributed by atoms with Crippen molar-refractivity contribution < 1.29 is 14.3 Å². The zero-order valence-electron chi connectivity index (χ0n) is 13.3. The first-order chi connectivity index (χ1) is 11.0. The van der Waals surface area contributed by atoms with Gasteiger partial charge in [0.05, 0.1) is 5.56 Å². The molecule has 6 nitrogen and oxygen atoms in total. The van der Waals surface area contributed by atoms with Gasteiger partial charge in [-0.05, 0) is 12.5 Å². The largest absolute Gasteiger partial charge is 0.452 e. The molecule has 1 N–H and O–H groups in total. The van der Waals surface area contributed by atoms with Crippen LogP contribution in [-0.2, 0) is 9.53 Å². The monoisotopic (exact) mass is 316 g/mol. The zero-order chi connectivity index (χ0) is 16.8. The molecule has 0 atom stereocenters. The molecule has 0 spiro atoms. The number of unbranched alkanes of at least 4 members (excludes halogenated alkanes) is 1. The number of para-hydroxylation sites is 1. The second-order valence-corrected chi connectivity index (χ2v) is 5.34. The van der Waals surface area contributed by atoms with Crippen molar-refractivity contribution in [2.24, 2.45) is 0 Å². The number of carbonyl (C=O) groups is 2. The van der Waals surface area contributed by atoms with Crippen molar-refractivity contribution in [1.29, 1.82) is 0 Å². The number of nitrogens with zero attached hydrogens (tertiary/aromatic N) is 1. The Labute approximate surface area is 134 Å². The Morgan fingerprint density at radius 2 is 2.00 bits per heavy atom. The Morgan fingerprint density at radius 3 is 2.74 bits per heavy atom. The summed E-state index contributed by atoms with van der Waals surface area (Å²) in [5, 5.41) is 0.587. The minimum absolute atomic E-state index is 0.161. The molecule has 0 unspecified atom stereocenters. The van der Waals surface area contributed by atoms with E-state index in [0.29, 0.717) is 17.4 Å². The average molecular weight is 316 g/mol. The predicted molar refractivity (Wildman–Crippen MR) is 87.4 cm³/mol. The summed E-state index contributed by atoms with van der Waals surface area (Å²) in [4.78, 5) is 39.9. The van der Waals surface area contributed by atoms with E-state index in [0.717, 1.165) is 12.8 Å². The van der Waals surface area contributed by atoms with Crippen LogP contribution in [0.4, 0.5) is 0 Å². The SMILES string of the molecule is CCCCN(C)C(=O)COC(=O)c1cc(=O)[nH]c2ccccc12. The molecular formula is C17H20N2O4. The van der Waals surface area contributed by atoms with E-state index in [1.165, 1.54) is 11.0 Å².